The van der Waals surface area contributed by atoms with Gasteiger partial charge in [-0.25, -0.2) is 4.39 Å². The second kappa shape index (κ2) is 9.84. The average Bonchev–Trinajstić information content (AvgIpc) is 3.37. The second-order valence-electron chi connectivity index (χ2n) is 8.20. The maximum Gasteiger partial charge on any atom is 0.224 e. The summed E-state index contributed by atoms with van der Waals surface area (Å²) < 4.78 is 14.1. The number of amides is 1. The van der Waals surface area contributed by atoms with Gasteiger partial charge in [0.1, 0.15) is 5.82 Å². The zero-order valence-corrected chi connectivity index (χ0v) is 19.0. The minimum atomic E-state index is -0.274. The van der Waals surface area contributed by atoms with Crippen LogP contribution < -0.4 is 5.32 Å². The van der Waals surface area contributed by atoms with Crippen LogP contribution in [0.1, 0.15) is 42.9 Å². The molecule has 4 rings (SSSR count). The van der Waals surface area contributed by atoms with Crippen LogP contribution >= 0.6 is 11.8 Å². The Kier molecular flexibility index (Phi) is 6.93. The molecule has 1 aliphatic carbocycles. The van der Waals surface area contributed by atoms with Gasteiger partial charge in [0.25, 0.3) is 0 Å². The lowest BCUT2D eigenvalue weighted by Crippen LogP contribution is -2.33. The number of allylic oxidation sites excluding steroid dienone is 2. The molecule has 0 aromatic heterocycles. The van der Waals surface area contributed by atoms with Crippen molar-refractivity contribution in [2.45, 2.75) is 31.1 Å². The highest BCUT2D eigenvalue weighted by atomic mass is 32.2. The Morgan fingerprint density at radius 1 is 1.13 bits per heavy atom. The first-order chi connectivity index (χ1) is 15.0. The van der Waals surface area contributed by atoms with Crippen molar-refractivity contribution in [2.75, 3.05) is 32.4 Å². The number of carbonyl (C=O) groups is 1. The fourth-order valence-electron chi connectivity index (χ4n) is 4.43. The van der Waals surface area contributed by atoms with Gasteiger partial charge in [-0.05, 0) is 103 Å². The Hall–Kier alpha value is -2.37. The first-order valence-electron chi connectivity index (χ1n) is 10.9. The summed E-state index contributed by atoms with van der Waals surface area (Å²) in [5.74, 6) is -0.279. The van der Waals surface area contributed by atoms with E-state index in [0.29, 0.717) is 6.54 Å². The Labute approximate surface area is 188 Å². The molecule has 0 radical (unpaired) electrons. The first kappa shape index (κ1) is 21.8. The Morgan fingerprint density at radius 2 is 1.87 bits per heavy atom. The molecule has 5 heteroatoms. The molecule has 2 aliphatic rings. The number of nitrogens with one attached hydrogen (secondary N) is 1. The molecular weight excluding hydrogens is 407 g/mol. The zero-order valence-electron chi connectivity index (χ0n) is 18.2. The third-order valence-corrected chi connectivity index (χ3v) is 6.91. The van der Waals surface area contributed by atoms with E-state index in [0.717, 1.165) is 53.0 Å². The lowest BCUT2D eigenvalue weighted by atomic mass is 10.0. The normalized spacial score (nSPS) is 17.5. The quantitative estimate of drug-likeness (QED) is 0.584. The van der Waals surface area contributed by atoms with E-state index < -0.39 is 0 Å². The summed E-state index contributed by atoms with van der Waals surface area (Å²) in [4.78, 5) is 16.3. The Bertz CT molecular complexity index is 1020. The molecule has 31 heavy (non-hydrogen) atoms. The molecule has 1 amide bonds. The molecule has 1 N–H and O–H groups in total. The van der Waals surface area contributed by atoms with Gasteiger partial charge in [-0.1, -0.05) is 18.2 Å². The Morgan fingerprint density at radius 3 is 2.58 bits per heavy atom. The number of likely N-dealkylation sites (tertiary alicyclic amines) is 1. The molecule has 0 bridgehead atoms. The summed E-state index contributed by atoms with van der Waals surface area (Å²) in [6.07, 6.45) is 6.96. The van der Waals surface area contributed by atoms with Crippen molar-refractivity contribution in [3.8, 4) is 0 Å². The number of nitrogens with zero attached hydrogens (tertiary/aromatic N) is 1. The van der Waals surface area contributed by atoms with E-state index in [4.69, 9.17) is 0 Å². The van der Waals surface area contributed by atoms with Crippen LogP contribution in [-0.2, 0) is 4.79 Å². The fourth-order valence-corrected chi connectivity index (χ4v) is 4.84. The van der Waals surface area contributed by atoms with Gasteiger partial charge in [0.2, 0.25) is 5.91 Å². The lowest BCUT2D eigenvalue weighted by molar-refractivity contribution is -0.120. The monoisotopic (exact) mass is 436 g/mol. The van der Waals surface area contributed by atoms with Crippen molar-refractivity contribution in [3.05, 3.63) is 70.5 Å². The van der Waals surface area contributed by atoms with E-state index in [1.165, 1.54) is 23.8 Å². The fraction of sp³-hybridized carbons (Fsp3) is 0.346. The standard InChI is InChI=1S/C26H29FN2OS/c1-18-23(15-19-5-8-21(31-2)9-6-19)22-10-7-20(27)16-25(22)24(18)17-26(30)28-11-14-29-12-3-4-13-29/h5-10,15-16H,3-4,11-14,17H2,1-2H3,(H,28,30)/b23-15-. The molecule has 3 nitrogen and oxygen atoms in total. The van der Waals surface area contributed by atoms with Gasteiger partial charge in [0.15, 0.2) is 0 Å². The molecule has 1 saturated heterocycles. The minimum Gasteiger partial charge on any atom is -0.355 e. The number of fused-ring (bicyclic) bond motifs is 1. The van der Waals surface area contributed by atoms with Crippen LogP contribution in [0.4, 0.5) is 4.39 Å². The number of hydrogen-bond acceptors (Lipinski definition) is 3. The predicted octanol–water partition coefficient (Wildman–Crippen LogP) is 5.48. The number of carbonyl (C=O) groups excluding carboxylic acids is 1. The molecule has 2 aromatic rings. The van der Waals surface area contributed by atoms with Gasteiger partial charge in [0, 0.05) is 18.0 Å². The molecule has 0 atom stereocenters. The molecular formula is C26H29FN2OS. The van der Waals surface area contributed by atoms with Gasteiger partial charge in [-0.2, -0.15) is 0 Å². The summed E-state index contributed by atoms with van der Waals surface area (Å²) in [7, 11) is 0. The maximum atomic E-state index is 14.1. The molecule has 1 aliphatic heterocycles. The molecule has 2 aromatic carbocycles. The SMILES string of the molecule is CSc1ccc(/C=C2/C(C)=C(CC(=O)NCCN3CCCC3)c3cc(F)ccc32)cc1. The van der Waals surface area contributed by atoms with Crippen molar-refractivity contribution < 1.29 is 9.18 Å². The third kappa shape index (κ3) is 5.10. The van der Waals surface area contributed by atoms with E-state index >= 15 is 0 Å². The lowest BCUT2D eigenvalue weighted by Gasteiger charge is -2.15. The molecule has 0 saturated carbocycles. The van der Waals surface area contributed by atoms with Gasteiger partial charge in [0.05, 0.1) is 6.42 Å². The Balaban J connectivity index is 1.54. The molecule has 1 fully saturated rings. The third-order valence-electron chi connectivity index (χ3n) is 6.17. The highest BCUT2D eigenvalue weighted by Crippen LogP contribution is 2.43. The van der Waals surface area contributed by atoms with E-state index in [2.05, 4.69) is 46.8 Å². The van der Waals surface area contributed by atoms with Crippen LogP contribution in [0.2, 0.25) is 0 Å². The van der Waals surface area contributed by atoms with Crippen molar-refractivity contribution in [1.82, 2.24) is 10.2 Å². The van der Waals surface area contributed by atoms with Crippen LogP contribution in [0.5, 0.6) is 0 Å². The van der Waals surface area contributed by atoms with Crippen molar-refractivity contribution in [3.63, 3.8) is 0 Å². The number of benzene rings is 2. The van der Waals surface area contributed by atoms with Crippen molar-refractivity contribution in [2.24, 2.45) is 0 Å². The highest BCUT2D eigenvalue weighted by molar-refractivity contribution is 7.98. The number of hydrogen-bond donors (Lipinski definition) is 1. The van der Waals surface area contributed by atoms with Gasteiger partial charge in [-0.3, -0.25) is 4.79 Å². The predicted molar refractivity (Wildman–Crippen MR) is 128 cm³/mol. The highest BCUT2D eigenvalue weighted by Gasteiger charge is 2.25. The van der Waals surface area contributed by atoms with E-state index in [-0.39, 0.29) is 18.1 Å². The summed E-state index contributed by atoms with van der Waals surface area (Å²) in [6.45, 7) is 5.84. The summed E-state index contributed by atoms with van der Waals surface area (Å²) in [6, 6.07) is 13.3. The summed E-state index contributed by atoms with van der Waals surface area (Å²) in [5.41, 5.74) is 5.95. The largest absolute Gasteiger partial charge is 0.355 e. The van der Waals surface area contributed by atoms with Gasteiger partial charge in [-0.15, -0.1) is 11.8 Å². The van der Waals surface area contributed by atoms with E-state index in [1.54, 1.807) is 17.8 Å². The minimum absolute atomic E-state index is 0.00525. The number of halogens is 1. The molecule has 1 heterocycles. The number of thioether (sulfide) groups is 1. The van der Waals surface area contributed by atoms with E-state index in [9.17, 15) is 9.18 Å². The zero-order chi connectivity index (χ0) is 21.8. The van der Waals surface area contributed by atoms with Crippen LogP contribution in [0.3, 0.4) is 0 Å². The topological polar surface area (TPSA) is 32.3 Å². The smallest absolute Gasteiger partial charge is 0.224 e. The maximum absolute atomic E-state index is 14.1. The van der Waals surface area contributed by atoms with Crippen LogP contribution in [0.15, 0.2) is 52.9 Å². The van der Waals surface area contributed by atoms with Gasteiger partial charge < -0.3 is 10.2 Å². The van der Waals surface area contributed by atoms with Crippen LogP contribution in [-0.4, -0.2) is 43.2 Å². The van der Waals surface area contributed by atoms with Crippen LogP contribution in [0.25, 0.3) is 17.2 Å². The molecule has 162 valence electrons. The molecule has 0 unspecified atom stereocenters. The average molecular weight is 437 g/mol. The molecule has 0 spiro atoms. The number of rotatable bonds is 7. The first-order valence-corrected chi connectivity index (χ1v) is 12.1. The van der Waals surface area contributed by atoms with E-state index in [1.807, 2.05) is 13.0 Å². The van der Waals surface area contributed by atoms with Crippen LogP contribution in [0, 0.1) is 5.82 Å². The van der Waals surface area contributed by atoms with Crippen molar-refractivity contribution >= 4 is 34.9 Å². The van der Waals surface area contributed by atoms with Gasteiger partial charge >= 0.3 is 0 Å². The van der Waals surface area contributed by atoms with Crippen molar-refractivity contribution in [1.29, 1.82) is 0 Å². The summed E-state index contributed by atoms with van der Waals surface area (Å²) >= 11 is 1.71. The second-order valence-corrected chi connectivity index (χ2v) is 9.08. The summed E-state index contributed by atoms with van der Waals surface area (Å²) in [5, 5.41) is 3.05.